The molecular weight excluding hydrogens is 223 g/mol. The van der Waals surface area contributed by atoms with Crippen LogP contribution in [0.25, 0.3) is 5.57 Å². The van der Waals surface area contributed by atoms with Gasteiger partial charge in [-0.05, 0) is 17.7 Å². The maximum Gasteiger partial charge on any atom is 3.00 e. The predicted molar refractivity (Wildman–Crippen MR) is 44.6 cm³/mol. The molecule has 0 fully saturated rings. The summed E-state index contributed by atoms with van der Waals surface area (Å²) < 4.78 is 0. The zero-order chi connectivity index (χ0) is 7.52. The van der Waals surface area contributed by atoms with E-state index in [4.69, 9.17) is 0 Å². The second-order valence-corrected chi connectivity index (χ2v) is 2.48. The fourth-order valence-corrected chi connectivity index (χ4v) is 1.15. The van der Waals surface area contributed by atoms with Crippen molar-refractivity contribution in [1.82, 2.24) is 4.98 Å². The average Bonchev–Trinajstić information content (AvgIpc) is 2.58. The molecule has 0 saturated heterocycles. The molecule has 0 N–H and O–H groups in total. The Morgan fingerprint density at radius 1 is 1.25 bits per heavy atom. The molecule has 1 heterocycles. The van der Waals surface area contributed by atoms with Gasteiger partial charge in [-0.15, -0.1) is 12.0 Å². The molecule has 54 valence electrons. The summed E-state index contributed by atoms with van der Waals surface area (Å²) in [6.07, 6.45) is 11.8. The van der Waals surface area contributed by atoms with Gasteiger partial charge in [-0.3, -0.25) is 11.1 Å². The summed E-state index contributed by atoms with van der Waals surface area (Å²) in [5.41, 5.74) is 2.58. The molecule has 0 unspecified atom stereocenters. The summed E-state index contributed by atoms with van der Waals surface area (Å²) in [5.74, 6) is 0. The standard InChI is InChI=1S/C10H8N.Y/c1-2-4-9(3-1)10-5-7-11-8-6-10;/h1,3,5-8H,4H2;/q-1;+3. The number of hydrogen-bond acceptors (Lipinski definition) is 1. The fourth-order valence-electron chi connectivity index (χ4n) is 1.15. The van der Waals surface area contributed by atoms with Crippen LogP contribution in [0.5, 0.6) is 0 Å². The van der Waals surface area contributed by atoms with Crippen molar-refractivity contribution in [3.63, 3.8) is 0 Å². The summed E-state index contributed by atoms with van der Waals surface area (Å²) in [4.78, 5) is 3.96. The monoisotopic (exact) mass is 231 g/mol. The number of hydrogen-bond donors (Lipinski definition) is 0. The number of pyridine rings is 1. The molecule has 0 spiro atoms. The topological polar surface area (TPSA) is 12.9 Å². The van der Waals surface area contributed by atoms with E-state index in [-0.39, 0.29) is 32.7 Å². The van der Waals surface area contributed by atoms with Crippen LogP contribution >= 0.6 is 0 Å². The van der Waals surface area contributed by atoms with Crippen LogP contribution in [0.4, 0.5) is 0 Å². The van der Waals surface area contributed by atoms with Crippen LogP contribution in [0, 0.1) is 6.08 Å². The summed E-state index contributed by atoms with van der Waals surface area (Å²) in [6, 6.07) is 4.04. The van der Waals surface area contributed by atoms with Gasteiger partial charge in [0.15, 0.2) is 0 Å². The molecule has 0 radical (unpaired) electrons. The first kappa shape index (κ1) is 9.82. The van der Waals surface area contributed by atoms with Gasteiger partial charge in [0.1, 0.15) is 0 Å². The van der Waals surface area contributed by atoms with Crippen molar-refractivity contribution in [2.75, 3.05) is 0 Å². The van der Waals surface area contributed by atoms with Crippen molar-refractivity contribution in [2.24, 2.45) is 0 Å². The molecule has 0 aromatic carbocycles. The summed E-state index contributed by atoms with van der Waals surface area (Å²) in [7, 11) is 0. The third-order valence-corrected chi connectivity index (χ3v) is 1.75. The van der Waals surface area contributed by atoms with Gasteiger partial charge >= 0.3 is 32.7 Å². The number of allylic oxidation sites excluding steroid dienone is 4. The molecule has 0 saturated carbocycles. The van der Waals surface area contributed by atoms with Crippen molar-refractivity contribution in [3.05, 3.63) is 48.3 Å². The van der Waals surface area contributed by atoms with Gasteiger partial charge in [-0.1, -0.05) is 0 Å². The van der Waals surface area contributed by atoms with Crippen LogP contribution in [0.2, 0.25) is 0 Å². The van der Waals surface area contributed by atoms with Gasteiger partial charge in [0.25, 0.3) is 0 Å². The van der Waals surface area contributed by atoms with Crippen LogP contribution in [0.1, 0.15) is 12.0 Å². The van der Waals surface area contributed by atoms with E-state index < -0.39 is 0 Å². The van der Waals surface area contributed by atoms with E-state index in [1.807, 2.05) is 30.6 Å². The zero-order valence-corrected chi connectivity index (χ0v) is 9.53. The molecule has 0 atom stereocenters. The summed E-state index contributed by atoms with van der Waals surface area (Å²) >= 11 is 0. The molecule has 0 aliphatic heterocycles. The number of rotatable bonds is 1. The average molecular weight is 231 g/mol. The summed E-state index contributed by atoms with van der Waals surface area (Å²) in [6.45, 7) is 0. The first-order chi connectivity index (χ1) is 5.47. The largest absolute Gasteiger partial charge is 3.00 e. The minimum absolute atomic E-state index is 0. The van der Waals surface area contributed by atoms with Crippen molar-refractivity contribution in [1.29, 1.82) is 0 Å². The Hall–Kier alpha value is -0.266. The first-order valence-electron chi connectivity index (χ1n) is 3.63. The number of aromatic nitrogens is 1. The molecule has 1 aliphatic carbocycles. The Bertz CT molecular complexity index is 301. The van der Waals surface area contributed by atoms with Crippen LogP contribution < -0.4 is 0 Å². The van der Waals surface area contributed by atoms with E-state index in [1.165, 1.54) is 11.1 Å². The van der Waals surface area contributed by atoms with E-state index in [9.17, 15) is 0 Å². The van der Waals surface area contributed by atoms with Gasteiger partial charge in [0.05, 0.1) is 0 Å². The summed E-state index contributed by atoms with van der Waals surface area (Å²) in [5, 5.41) is 0. The van der Waals surface area contributed by atoms with Crippen molar-refractivity contribution in [2.45, 2.75) is 6.42 Å². The molecule has 1 aromatic rings. The smallest absolute Gasteiger partial charge is 0.272 e. The SMILES string of the molecule is [C-]1=CC=C(c2ccncc2)C1.[Y+3]. The fraction of sp³-hybridized carbons (Fsp3) is 0.100. The van der Waals surface area contributed by atoms with Gasteiger partial charge < -0.3 is 0 Å². The van der Waals surface area contributed by atoms with Crippen LogP contribution in [-0.2, 0) is 32.7 Å². The van der Waals surface area contributed by atoms with Crippen LogP contribution in [-0.4, -0.2) is 4.98 Å². The third kappa shape index (κ3) is 2.12. The predicted octanol–water partition coefficient (Wildman–Crippen LogP) is 2.23. The molecule has 0 amide bonds. The van der Waals surface area contributed by atoms with Crippen molar-refractivity contribution >= 4 is 5.57 Å². The van der Waals surface area contributed by atoms with Crippen molar-refractivity contribution < 1.29 is 32.7 Å². The minimum atomic E-state index is 0. The maximum atomic E-state index is 3.96. The van der Waals surface area contributed by atoms with E-state index in [2.05, 4.69) is 17.1 Å². The second-order valence-electron chi connectivity index (χ2n) is 2.48. The first-order valence-corrected chi connectivity index (χ1v) is 3.63. The third-order valence-electron chi connectivity index (χ3n) is 1.75. The molecule has 12 heavy (non-hydrogen) atoms. The Kier molecular flexibility index (Phi) is 3.83. The molecule has 1 aliphatic rings. The number of nitrogens with zero attached hydrogens (tertiary/aromatic N) is 1. The van der Waals surface area contributed by atoms with E-state index in [0.717, 1.165) is 6.42 Å². The zero-order valence-electron chi connectivity index (χ0n) is 6.70. The van der Waals surface area contributed by atoms with Gasteiger partial charge in [0, 0.05) is 12.4 Å². The Labute approximate surface area is 97.5 Å². The van der Waals surface area contributed by atoms with E-state index in [1.54, 1.807) is 0 Å². The van der Waals surface area contributed by atoms with Gasteiger partial charge in [-0.2, -0.15) is 0 Å². The van der Waals surface area contributed by atoms with Crippen LogP contribution in [0.15, 0.2) is 36.7 Å². The van der Waals surface area contributed by atoms with Crippen LogP contribution in [0.3, 0.4) is 0 Å². The minimum Gasteiger partial charge on any atom is -0.272 e. The molecular formula is C10H8NY+2. The quantitative estimate of drug-likeness (QED) is 0.675. The van der Waals surface area contributed by atoms with Gasteiger partial charge in [-0.25, -0.2) is 12.2 Å². The Morgan fingerprint density at radius 3 is 2.58 bits per heavy atom. The molecule has 0 bridgehead atoms. The maximum absolute atomic E-state index is 3.96. The molecule has 1 aromatic heterocycles. The van der Waals surface area contributed by atoms with Crippen molar-refractivity contribution in [3.8, 4) is 0 Å². The Morgan fingerprint density at radius 2 is 2.00 bits per heavy atom. The molecule has 2 heteroatoms. The van der Waals surface area contributed by atoms with Gasteiger partial charge in [0.2, 0.25) is 0 Å². The molecule has 1 nitrogen and oxygen atoms in total. The normalized spacial score (nSPS) is 13.8. The van der Waals surface area contributed by atoms with E-state index in [0.29, 0.717) is 0 Å². The Balaban J connectivity index is 0.000000720. The second kappa shape index (κ2) is 4.68. The molecule has 2 rings (SSSR count). The van der Waals surface area contributed by atoms with E-state index >= 15 is 0 Å².